The van der Waals surface area contributed by atoms with Gasteiger partial charge in [-0.2, -0.15) is 0 Å². The van der Waals surface area contributed by atoms with Crippen LogP contribution in [0.3, 0.4) is 0 Å². The predicted molar refractivity (Wildman–Crippen MR) is 65.1 cm³/mol. The van der Waals surface area contributed by atoms with Gasteiger partial charge in [0, 0.05) is 12.6 Å². The van der Waals surface area contributed by atoms with Crippen molar-refractivity contribution >= 4 is 5.91 Å². The van der Waals surface area contributed by atoms with Crippen LogP contribution in [0.15, 0.2) is 48.7 Å². The number of carbonyl (C=O) groups excluding carboxylic acids is 1. The maximum atomic E-state index is 11.5. The number of nitrogens with one attached hydrogen (secondary N) is 1. The van der Waals surface area contributed by atoms with Gasteiger partial charge in [-0.15, -0.1) is 0 Å². The summed E-state index contributed by atoms with van der Waals surface area (Å²) in [4.78, 5) is 15.8. The molecule has 0 fully saturated rings. The minimum absolute atomic E-state index is 0.316. The molecule has 4 heteroatoms. The molecule has 0 spiro atoms. The number of nitrogens with two attached hydrogens (primary N) is 1. The Morgan fingerprint density at radius 1 is 1.18 bits per heavy atom. The number of nitrogens with zero attached hydrogens (tertiary/aromatic N) is 1. The molecule has 0 saturated carbocycles. The summed E-state index contributed by atoms with van der Waals surface area (Å²) in [6.07, 6.45) is 2.29. The second kappa shape index (κ2) is 5.23. The predicted octanol–water partition coefficient (Wildman–Crippen LogP) is 1.28. The van der Waals surface area contributed by atoms with Gasteiger partial charge in [0.25, 0.3) is 5.91 Å². The molecular weight excluding hydrogens is 214 g/mol. The molecule has 1 aromatic heterocycles. The molecule has 3 N–H and O–H groups in total. The number of pyridine rings is 1. The van der Waals surface area contributed by atoms with E-state index in [9.17, 15) is 4.79 Å². The Bertz CT molecular complexity index is 511. The van der Waals surface area contributed by atoms with Gasteiger partial charge >= 0.3 is 0 Å². The summed E-state index contributed by atoms with van der Waals surface area (Å²) in [5.74, 6) is 4.82. The molecule has 86 valence electrons. The summed E-state index contributed by atoms with van der Waals surface area (Å²) in [7, 11) is 0. The quantitative estimate of drug-likeness (QED) is 0.471. The van der Waals surface area contributed by atoms with Gasteiger partial charge in [0.2, 0.25) is 0 Å². The number of hydrogen-bond donors (Lipinski definition) is 2. The van der Waals surface area contributed by atoms with E-state index >= 15 is 0 Å². The molecule has 1 heterocycles. The van der Waals surface area contributed by atoms with Crippen molar-refractivity contribution in [1.82, 2.24) is 10.4 Å². The maximum Gasteiger partial charge on any atom is 0.267 e. The lowest BCUT2D eigenvalue weighted by Crippen LogP contribution is -2.31. The first-order chi connectivity index (χ1) is 8.31. The molecule has 1 amide bonds. The van der Waals surface area contributed by atoms with Crippen molar-refractivity contribution in [2.75, 3.05) is 0 Å². The van der Waals surface area contributed by atoms with Gasteiger partial charge in [-0.25, -0.2) is 5.84 Å². The van der Waals surface area contributed by atoms with Gasteiger partial charge < -0.3 is 0 Å². The highest BCUT2D eigenvalue weighted by Crippen LogP contribution is 2.11. The number of amides is 1. The molecule has 0 saturated heterocycles. The van der Waals surface area contributed by atoms with E-state index < -0.39 is 0 Å². The van der Waals surface area contributed by atoms with Crippen LogP contribution in [0, 0.1) is 0 Å². The molecule has 1 aromatic carbocycles. The van der Waals surface area contributed by atoms with E-state index in [-0.39, 0.29) is 5.91 Å². The van der Waals surface area contributed by atoms with E-state index in [1.807, 2.05) is 30.3 Å². The Morgan fingerprint density at radius 3 is 2.65 bits per heavy atom. The molecule has 0 atom stereocenters. The van der Waals surface area contributed by atoms with Crippen LogP contribution in [0.4, 0.5) is 0 Å². The molecule has 0 unspecified atom stereocenters. The van der Waals surface area contributed by atoms with E-state index in [0.29, 0.717) is 12.0 Å². The summed E-state index contributed by atoms with van der Waals surface area (Å²) >= 11 is 0. The molecule has 4 nitrogen and oxygen atoms in total. The zero-order valence-electron chi connectivity index (χ0n) is 9.26. The lowest BCUT2D eigenvalue weighted by atomic mass is 10.1. The van der Waals surface area contributed by atoms with Crippen LogP contribution in [0.5, 0.6) is 0 Å². The van der Waals surface area contributed by atoms with Crippen molar-refractivity contribution < 1.29 is 4.79 Å². The average Bonchev–Trinajstić information content (AvgIpc) is 2.40. The van der Waals surface area contributed by atoms with Crippen molar-refractivity contribution in [3.05, 3.63) is 65.5 Å². The highest BCUT2D eigenvalue weighted by atomic mass is 16.2. The zero-order chi connectivity index (χ0) is 12.1. The summed E-state index contributed by atoms with van der Waals surface area (Å²) in [5, 5.41) is 0. The highest BCUT2D eigenvalue weighted by molar-refractivity contribution is 5.94. The van der Waals surface area contributed by atoms with Crippen LogP contribution in [0.2, 0.25) is 0 Å². The van der Waals surface area contributed by atoms with Crippen molar-refractivity contribution in [1.29, 1.82) is 0 Å². The zero-order valence-corrected chi connectivity index (χ0v) is 9.26. The average molecular weight is 227 g/mol. The van der Waals surface area contributed by atoms with Gasteiger partial charge in [-0.1, -0.05) is 30.3 Å². The first-order valence-electron chi connectivity index (χ1n) is 5.30. The first kappa shape index (κ1) is 11.3. The Kier molecular flexibility index (Phi) is 3.47. The third kappa shape index (κ3) is 2.68. The molecule has 0 bridgehead atoms. The molecule has 2 rings (SSSR count). The van der Waals surface area contributed by atoms with Gasteiger partial charge in [-0.3, -0.25) is 15.2 Å². The molecule has 0 aliphatic carbocycles. The molecule has 17 heavy (non-hydrogen) atoms. The molecule has 0 aliphatic rings. The third-order valence-corrected chi connectivity index (χ3v) is 2.48. The number of carbonyl (C=O) groups is 1. The van der Waals surface area contributed by atoms with Gasteiger partial charge in [0.15, 0.2) is 0 Å². The van der Waals surface area contributed by atoms with Gasteiger partial charge in [0.05, 0.1) is 11.3 Å². The minimum atomic E-state index is -0.316. The fourth-order valence-electron chi connectivity index (χ4n) is 1.65. The number of hydrazine groups is 1. The third-order valence-electron chi connectivity index (χ3n) is 2.48. The lowest BCUT2D eigenvalue weighted by Gasteiger charge is -2.06. The summed E-state index contributed by atoms with van der Waals surface area (Å²) in [5.41, 5.74) is 4.47. The van der Waals surface area contributed by atoms with E-state index in [4.69, 9.17) is 5.84 Å². The number of hydrogen-bond acceptors (Lipinski definition) is 3. The van der Waals surface area contributed by atoms with Crippen LogP contribution in [0.25, 0.3) is 0 Å². The van der Waals surface area contributed by atoms with Crippen molar-refractivity contribution in [3.63, 3.8) is 0 Å². The number of aromatic nitrogens is 1. The number of rotatable bonds is 3. The summed E-state index contributed by atoms with van der Waals surface area (Å²) < 4.78 is 0. The van der Waals surface area contributed by atoms with Gasteiger partial charge in [0.1, 0.15) is 0 Å². The fourth-order valence-corrected chi connectivity index (χ4v) is 1.65. The smallest absolute Gasteiger partial charge is 0.267 e. The standard InChI is InChI=1S/C13H13N3O/c14-16-13(17)11-7-4-8-15-12(11)9-10-5-2-1-3-6-10/h1-8H,9,14H2,(H,16,17). The second-order valence-corrected chi connectivity index (χ2v) is 3.63. The van der Waals surface area contributed by atoms with Crippen LogP contribution < -0.4 is 11.3 Å². The monoisotopic (exact) mass is 227 g/mol. The molecular formula is C13H13N3O. The number of nitrogen functional groups attached to an aromatic ring is 1. The molecule has 0 aliphatic heterocycles. The highest BCUT2D eigenvalue weighted by Gasteiger charge is 2.10. The minimum Gasteiger partial charge on any atom is -0.290 e. The Morgan fingerprint density at radius 2 is 1.94 bits per heavy atom. The summed E-state index contributed by atoms with van der Waals surface area (Å²) in [6.45, 7) is 0. The van der Waals surface area contributed by atoms with Crippen LogP contribution >= 0.6 is 0 Å². The van der Waals surface area contributed by atoms with Crippen LogP contribution in [-0.2, 0) is 6.42 Å². The first-order valence-corrected chi connectivity index (χ1v) is 5.30. The second-order valence-electron chi connectivity index (χ2n) is 3.63. The number of benzene rings is 1. The van der Waals surface area contributed by atoms with Crippen molar-refractivity contribution in [2.24, 2.45) is 5.84 Å². The Hall–Kier alpha value is -2.20. The summed E-state index contributed by atoms with van der Waals surface area (Å²) in [6, 6.07) is 13.3. The van der Waals surface area contributed by atoms with E-state index in [2.05, 4.69) is 10.4 Å². The Balaban J connectivity index is 2.30. The largest absolute Gasteiger partial charge is 0.290 e. The molecule has 2 aromatic rings. The normalized spacial score (nSPS) is 9.94. The van der Waals surface area contributed by atoms with Crippen molar-refractivity contribution in [3.8, 4) is 0 Å². The van der Waals surface area contributed by atoms with Gasteiger partial charge in [-0.05, 0) is 17.7 Å². The maximum absolute atomic E-state index is 11.5. The fraction of sp³-hybridized carbons (Fsp3) is 0.0769. The SMILES string of the molecule is NNC(=O)c1cccnc1Cc1ccccc1. The lowest BCUT2D eigenvalue weighted by molar-refractivity contribution is 0.0952. The Labute approximate surface area is 99.5 Å². The van der Waals surface area contributed by atoms with E-state index in [1.165, 1.54) is 0 Å². The van der Waals surface area contributed by atoms with E-state index in [0.717, 1.165) is 11.3 Å². The van der Waals surface area contributed by atoms with Crippen molar-refractivity contribution in [2.45, 2.75) is 6.42 Å². The van der Waals surface area contributed by atoms with E-state index in [1.54, 1.807) is 18.3 Å². The topological polar surface area (TPSA) is 68.0 Å². The molecule has 0 radical (unpaired) electrons. The van der Waals surface area contributed by atoms with Crippen LogP contribution in [-0.4, -0.2) is 10.9 Å². The van der Waals surface area contributed by atoms with Crippen LogP contribution in [0.1, 0.15) is 21.6 Å².